The van der Waals surface area contributed by atoms with E-state index in [2.05, 4.69) is 15.0 Å². The van der Waals surface area contributed by atoms with Crippen LogP contribution in [0.3, 0.4) is 0 Å². The summed E-state index contributed by atoms with van der Waals surface area (Å²) in [6.07, 6.45) is 0. The van der Waals surface area contributed by atoms with Crippen molar-refractivity contribution in [3.63, 3.8) is 0 Å². The SMILES string of the molecule is C[C@H](c1ccccc1OC(F)F)N1CCNCC1.Cl. The molecule has 1 aliphatic rings. The van der Waals surface area contributed by atoms with Crippen LogP contribution in [-0.4, -0.2) is 37.7 Å². The average Bonchev–Trinajstić information content (AvgIpc) is 2.39. The van der Waals surface area contributed by atoms with Gasteiger partial charge in [0.1, 0.15) is 5.75 Å². The van der Waals surface area contributed by atoms with Crippen molar-refractivity contribution in [2.24, 2.45) is 0 Å². The Kier molecular flexibility index (Phi) is 6.48. The number of piperazine rings is 1. The quantitative estimate of drug-likeness (QED) is 0.923. The minimum atomic E-state index is -2.78. The van der Waals surface area contributed by atoms with Crippen molar-refractivity contribution in [1.82, 2.24) is 10.2 Å². The lowest BCUT2D eigenvalue weighted by atomic mass is 10.1. The third-order valence-electron chi connectivity index (χ3n) is 3.28. The fourth-order valence-corrected chi connectivity index (χ4v) is 2.30. The predicted molar refractivity (Wildman–Crippen MR) is 73.2 cm³/mol. The number of rotatable bonds is 4. The maximum atomic E-state index is 12.4. The number of nitrogens with zero attached hydrogens (tertiary/aromatic N) is 1. The van der Waals surface area contributed by atoms with Crippen LogP contribution < -0.4 is 10.1 Å². The number of benzene rings is 1. The van der Waals surface area contributed by atoms with Crippen molar-refractivity contribution in [2.75, 3.05) is 26.2 Å². The summed E-state index contributed by atoms with van der Waals surface area (Å²) in [4.78, 5) is 2.27. The van der Waals surface area contributed by atoms with Gasteiger partial charge in [0, 0.05) is 37.8 Å². The number of halogens is 3. The molecule has 0 spiro atoms. The summed E-state index contributed by atoms with van der Waals surface area (Å²) in [5.41, 5.74) is 0.819. The Morgan fingerprint density at radius 2 is 1.84 bits per heavy atom. The molecule has 1 aliphatic heterocycles. The summed E-state index contributed by atoms with van der Waals surface area (Å²) in [6.45, 7) is 2.96. The third kappa shape index (κ3) is 4.30. The lowest BCUT2D eigenvalue weighted by molar-refractivity contribution is -0.0511. The third-order valence-corrected chi connectivity index (χ3v) is 3.28. The first-order valence-corrected chi connectivity index (χ1v) is 6.17. The summed E-state index contributed by atoms with van der Waals surface area (Å²) >= 11 is 0. The molecule has 1 aromatic carbocycles. The molecular formula is C13H19ClF2N2O. The number of nitrogens with one attached hydrogen (secondary N) is 1. The number of hydrogen-bond acceptors (Lipinski definition) is 3. The molecule has 0 bridgehead atoms. The van der Waals surface area contributed by atoms with E-state index in [1.54, 1.807) is 12.1 Å². The second-order valence-corrected chi connectivity index (χ2v) is 4.38. The van der Waals surface area contributed by atoms with Crippen molar-refractivity contribution in [1.29, 1.82) is 0 Å². The molecule has 19 heavy (non-hydrogen) atoms. The lowest BCUT2D eigenvalue weighted by Crippen LogP contribution is -2.44. The van der Waals surface area contributed by atoms with Crippen LogP contribution in [0.4, 0.5) is 8.78 Å². The van der Waals surface area contributed by atoms with Gasteiger partial charge in [-0.15, -0.1) is 12.4 Å². The summed E-state index contributed by atoms with van der Waals surface area (Å²) in [5, 5.41) is 3.27. The van der Waals surface area contributed by atoms with Crippen LogP contribution in [0.5, 0.6) is 5.75 Å². The Hall–Kier alpha value is -0.910. The molecule has 1 aromatic rings. The van der Waals surface area contributed by atoms with Gasteiger partial charge in [0.05, 0.1) is 0 Å². The summed E-state index contributed by atoms with van der Waals surface area (Å²) < 4.78 is 29.3. The highest BCUT2D eigenvalue weighted by molar-refractivity contribution is 5.85. The molecule has 6 heteroatoms. The Morgan fingerprint density at radius 1 is 1.21 bits per heavy atom. The highest BCUT2D eigenvalue weighted by Gasteiger charge is 2.21. The van der Waals surface area contributed by atoms with Gasteiger partial charge >= 0.3 is 6.61 Å². The van der Waals surface area contributed by atoms with Gasteiger partial charge in [-0.05, 0) is 13.0 Å². The van der Waals surface area contributed by atoms with E-state index in [0.29, 0.717) is 0 Å². The highest BCUT2D eigenvalue weighted by Crippen LogP contribution is 2.30. The molecular weight excluding hydrogens is 274 g/mol. The van der Waals surface area contributed by atoms with E-state index in [0.717, 1.165) is 31.7 Å². The maximum absolute atomic E-state index is 12.4. The molecule has 0 amide bonds. The largest absolute Gasteiger partial charge is 0.434 e. The van der Waals surface area contributed by atoms with Gasteiger partial charge in [-0.1, -0.05) is 18.2 Å². The van der Waals surface area contributed by atoms with Crippen LogP contribution in [0.1, 0.15) is 18.5 Å². The molecule has 0 saturated carbocycles. The van der Waals surface area contributed by atoms with Crippen molar-refractivity contribution in [2.45, 2.75) is 19.6 Å². The van der Waals surface area contributed by atoms with Gasteiger partial charge in [0.2, 0.25) is 0 Å². The molecule has 1 fully saturated rings. The van der Waals surface area contributed by atoms with Crippen molar-refractivity contribution >= 4 is 12.4 Å². The molecule has 0 unspecified atom stereocenters. The second kappa shape index (κ2) is 7.62. The van der Waals surface area contributed by atoms with Gasteiger partial charge in [0.25, 0.3) is 0 Å². The summed E-state index contributed by atoms with van der Waals surface area (Å²) in [5.74, 6) is 0.276. The smallest absolute Gasteiger partial charge is 0.387 e. The van der Waals surface area contributed by atoms with Gasteiger partial charge in [0.15, 0.2) is 0 Å². The highest BCUT2D eigenvalue weighted by atomic mass is 35.5. The first kappa shape index (κ1) is 16.1. The normalized spacial score (nSPS) is 17.9. The first-order valence-electron chi connectivity index (χ1n) is 6.17. The summed E-state index contributed by atoms with van der Waals surface area (Å²) in [6, 6.07) is 7.10. The average molecular weight is 293 g/mol. The molecule has 1 saturated heterocycles. The van der Waals surface area contributed by atoms with E-state index in [1.165, 1.54) is 0 Å². The van der Waals surface area contributed by atoms with Gasteiger partial charge in [-0.3, -0.25) is 4.90 Å². The lowest BCUT2D eigenvalue weighted by Gasteiger charge is -2.33. The Morgan fingerprint density at radius 3 is 2.47 bits per heavy atom. The predicted octanol–water partition coefficient (Wildman–Crippen LogP) is 2.68. The zero-order valence-corrected chi connectivity index (χ0v) is 11.6. The van der Waals surface area contributed by atoms with E-state index in [9.17, 15) is 8.78 Å². The van der Waals surface area contributed by atoms with Gasteiger partial charge < -0.3 is 10.1 Å². The minimum Gasteiger partial charge on any atom is -0.434 e. The van der Waals surface area contributed by atoms with E-state index in [1.807, 2.05) is 19.1 Å². The second-order valence-electron chi connectivity index (χ2n) is 4.38. The topological polar surface area (TPSA) is 24.5 Å². The Labute approximate surface area is 118 Å². The Bertz CT molecular complexity index is 387. The molecule has 2 rings (SSSR count). The number of hydrogen-bond donors (Lipinski definition) is 1. The van der Waals surface area contributed by atoms with Crippen LogP contribution in [0.2, 0.25) is 0 Å². The van der Waals surface area contributed by atoms with Crippen LogP contribution >= 0.6 is 12.4 Å². The number of ether oxygens (including phenoxy) is 1. The molecule has 1 N–H and O–H groups in total. The Balaban J connectivity index is 0.00000180. The standard InChI is InChI=1S/C13H18F2N2O.ClH/c1-10(17-8-6-16-7-9-17)11-4-2-3-5-12(11)18-13(14)15;/h2-5,10,13,16H,6-9H2,1H3;1H/t10-;/m1./s1. The minimum absolute atomic E-state index is 0. The van der Waals surface area contributed by atoms with Crippen molar-refractivity contribution < 1.29 is 13.5 Å². The zero-order chi connectivity index (χ0) is 13.0. The molecule has 0 radical (unpaired) electrons. The van der Waals surface area contributed by atoms with Crippen LogP contribution in [0, 0.1) is 0 Å². The molecule has 0 aliphatic carbocycles. The fourth-order valence-electron chi connectivity index (χ4n) is 2.30. The van der Waals surface area contributed by atoms with Crippen molar-refractivity contribution in [3.8, 4) is 5.75 Å². The molecule has 108 valence electrons. The molecule has 0 aromatic heterocycles. The molecule has 1 atom stereocenters. The number of alkyl halides is 2. The van der Waals surface area contributed by atoms with Crippen LogP contribution in [0.15, 0.2) is 24.3 Å². The maximum Gasteiger partial charge on any atom is 0.387 e. The van der Waals surface area contributed by atoms with Gasteiger partial charge in [-0.25, -0.2) is 0 Å². The van der Waals surface area contributed by atoms with Gasteiger partial charge in [-0.2, -0.15) is 8.78 Å². The van der Waals surface area contributed by atoms with E-state index >= 15 is 0 Å². The first-order chi connectivity index (χ1) is 8.68. The van der Waals surface area contributed by atoms with E-state index < -0.39 is 6.61 Å². The van der Waals surface area contributed by atoms with E-state index in [4.69, 9.17) is 0 Å². The van der Waals surface area contributed by atoms with Crippen LogP contribution in [0.25, 0.3) is 0 Å². The molecule has 3 nitrogen and oxygen atoms in total. The van der Waals surface area contributed by atoms with Crippen molar-refractivity contribution in [3.05, 3.63) is 29.8 Å². The summed E-state index contributed by atoms with van der Waals surface area (Å²) in [7, 11) is 0. The number of para-hydroxylation sites is 1. The fraction of sp³-hybridized carbons (Fsp3) is 0.538. The zero-order valence-electron chi connectivity index (χ0n) is 10.8. The monoisotopic (exact) mass is 292 g/mol. The molecule has 1 heterocycles. The van der Waals surface area contributed by atoms with Crippen LogP contribution in [-0.2, 0) is 0 Å². The van der Waals surface area contributed by atoms with E-state index in [-0.39, 0.29) is 24.2 Å².